The number of carbonyl (C=O) groups excluding carboxylic acids is 1. The molecule has 0 fully saturated rings. The van der Waals surface area contributed by atoms with Gasteiger partial charge in [-0.05, 0) is 24.3 Å². The van der Waals surface area contributed by atoms with E-state index in [4.69, 9.17) is 10.5 Å². The van der Waals surface area contributed by atoms with Crippen LogP contribution in [0.1, 0.15) is 6.42 Å². The van der Waals surface area contributed by atoms with Crippen LogP contribution >= 0.6 is 0 Å². The summed E-state index contributed by atoms with van der Waals surface area (Å²) in [5, 5.41) is 3.12. The molecule has 0 unspecified atom stereocenters. The van der Waals surface area contributed by atoms with E-state index in [1.54, 1.807) is 0 Å². The Morgan fingerprint density at radius 2 is 1.79 bits per heavy atom. The van der Waals surface area contributed by atoms with Gasteiger partial charge in [-0.25, -0.2) is 0 Å². The minimum Gasteiger partial charge on any atom is -0.457 e. The largest absolute Gasteiger partial charge is 0.457 e. The molecule has 0 radical (unpaired) electrons. The summed E-state index contributed by atoms with van der Waals surface area (Å²) in [6.07, 6.45) is 0.309. The third-order valence-corrected chi connectivity index (χ3v) is 2.51. The Labute approximate surface area is 112 Å². The highest BCUT2D eigenvalue weighted by Gasteiger charge is 1.99. The van der Waals surface area contributed by atoms with E-state index in [0.717, 1.165) is 17.2 Å². The Bertz CT molecular complexity index is 541. The van der Waals surface area contributed by atoms with Gasteiger partial charge in [-0.2, -0.15) is 0 Å². The van der Waals surface area contributed by atoms with E-state index >= 15 is 0 Å². The fourth-order valence-corrected chi connectivity index (χ4v) is 1.62. The zero-order valence-corrected chi connectivity index (χ0v) is 10.5. The van der Waals surface area contributed by atoms with E-state index in [9.17, 15) is 4.79 Å². The summed E-state index contributed by atoms with van der Waals surface area (Å²) in [6.45, 7) is 0.518. The maximum Gasteiger partial charge on any atom is 0.219 e. The molecule has 2 aromatic carbocycles. The van der Waals surface area contributed by atoms with Crippen LogP contribution in [0.3, 0.4) is 0 Å². The van der Waals surface area contributed by atoms with E-state index in [1.807, 2.05) is 54.6 Å². The Morgan fingerprint density at radius 3 is 2.53 bits per heavy atom. The molecule has 2 rings (SSSR count). The van der Waals surface area contributed by atoms with Crippen LogP contribution in [0, 0.1) is 0 Å². The summed E-state index contributed by atoms with van der Waals surface area (Å²) in [5.41, 5.74) is 5.98. The van der Waals surface area contributed by atoms with Crippen LogP contribution in [0.5, 0.6) is 11.5 Å². The zero-order chi connectivity index (χ0) is 13.5. The summed E-state index contributed by atoms with van der Waals surface area (Å²) in [5.74, 6) is 1.22. The van der Waals surface area contributed by atoms with E-state index in [0.29, 0.717) is 13.0 Å². The van der Waals surface area contributed by atoms with Crippen molar-refractivity contribution >= 4 is 11.6 Å². The molecular formula is C15H16N2O2. The Kier molecular flexibility index (Phi) is 4.39. The molecule has 3 N–H and O–H groups in total. The number of nitrogens with one attached hydrogen (secondary N) is 1. The summed E-state index contributed by atoms with van der Waals surface area (Å²) in [7, 11) is 0. The highest BCUT2D eigenvalue weighted by atomic mass is 16.5. The fraction of sp³-hybridized carbons (Fsp3) is 0.133. The number of rotatable bonds is 6. The molecule has 0 saturated heterocycles. The van der Waals surface area contributed by atoms with Crippen molar-refractivity contribution in [1.29, 1.82) is 0 Å². The molecule has 4 nitrogen and oxygen atoms in total. The molecular weight excluding hydrogens is 240 g/mol. The number of nitrogens with two attached hydrogens (primary N) is 1. The SMILES string of the molecule is NC(=O)CCNc1cccc(Oc2ccccc2)c1. The van der Waals surface area contributed by atoms with Crippen molar-refractivity contribution in [2.24, 2.45) is 5.73 Å². The lowest BCUT2D eigenvalue weighted by Crippen LogP contribution is -2.15. The van der Waals surface area contributed by atoms with E-state index in [2.05, 4.69) is 5.32 Å². The van der Waals surface area contributed by atoms with Crippen molar-refractivity contribution < 1.29 is 9.53 Å². The molecule has 0 aliphatic heterocycles. The van der Waals surface area contributed by atoms with Crippen LogP contribution in [0.15, 0.2) is 54.6 Å². The first-order valence-electron chi connectivity index (χ1n) is 6.09. The van der Waals surface area contributed by atoms with Crippen LogP contribution in [0.2, 0.25) is 0 Å². The topological polar surface area (TPSA) is 64.4 Å². The fourth-order valence-electron chi connectivity index (χ4n) is 1.62. The van der Waals surface area contributed by atoms with Gasteiger partial charge in [0.2, 0.25) is 5.91 Å². The van der Waals surface area contributed by atoms with E-state index < -0.39 is 0 Å². The van der Waals surface area contributed by atoms with Crippen LogP contribution < -0.4 is 15.8 Å². The zero-order valence-electron chi connectivity index (χ0n) is 10.5. The number of para-hydroxylation sites is 1. The third-order valence-electron chi connectivity index (χ3n) is 2.51. The van der Waals surface area contributed by atoms with Gasteiger partial charge in [0.1, 0.15) is 11.5 Å². The normalized spacial score (nSPS) is 9.89. The molecule has 0 bridgehead atoms. The first-order valence-corrected chi connectivity index (χ1v) is 6.09. The summed E-state index contributed by atoms with van der Waals surface area (Å²) < 4.78 is 5.71. The molecule has 4 heteroatoms. The quantitative estimate of drug-likeness (QED) is 0.835. The predicted octanol–water partition coefficient (Wildman–Crippen LogP) is 2.77. The highest BCUT2D eigenvalue weighted by Crippen LogP contribution is 2.23. The molecule has 0 heterocycles. The third kappa shape index (κ3) is 4.35. The second-order valence-electron chi connectivity index (χ2n) is 4.09. The molecule has 2 aromatic rings. The van der Waals surface area contributed by atoms with Crippen LogP contribution in [0.25, 0.3) is 0 Å². The number of amides is 1. The van der Waals surface area contributed by atoms with E-state index in [-0.39, 0.29) is 5.91 Å². The summed E-state index contributed by atoms with van der Waals surface area (Å²) in [6, 6.07) is 17.1. The number of hydrogen-bond acceptors (Lipinski definition) is 3. The molecule has 0 aliphatic rings. The van der Waals surface area contributed by atoms with Gasteiger partial charge in [0, 0.05) is 24.7 Å². The number of carbonyl (C=O) groups is 1. The molecule has 98 valence electrons. The molecule has 1 amide bonds. The standard InChI is InChI=1S/C15H16N2O2/c16-15(18)9-10-17-12-5-4-8-14(11-12)19-13-6-2-1-3-7-13/h1-8,11,17H,9-10H2,(H2,16,18). The monoisotopic (exact) mass is 256 g/mol. The Morgan fingerprint density at radius 1 is 1.05 bits per heavy atom. The summed E-state index contributed by atoms with van der Waals surface area (Å²) >= 11 is 0. The first kappa shape index (κ1) is 13.0. The van der Waals surface area contributed by atoms with Gasteiger partial charge in [0.25, 0.3) is 0 Å². The van der Waals surface area contributed by atoms with E-state index in [1.165, 1.54) is 0 Å². The lowest BCUT2D eigenvalue weighted by atomic mass is 10.3. The Hall–Kier alpha value is -2.49. The number of hydrogen-bond donors (Lipinski definition) is 2. The minimum absolute atomic E-state index is 0.309. The second kappa shape index (κ2) is 6.44. The van der Waals surface area contributed by atoms with Gasteiger partial charge in [0.15, 0.2) is 0 Å². The van der Waals surface area contributed by atoms with Crippen molar-refractivity contribution in [3.8, 4) is 11.5 Å². The van der Waals surface area contributed by atoms with Crippen molar-refractivity contribution in [1.82, 2.24) is 0 Å². The van der Waals surface area contributed by atoms with Gasteiger partial charge in [-0.1, -0.05) is 24.3 Å². The summed E-state index contributed by atoms with van der Waals surface area (Å²) in [4.78, 5) is 10.7. The highest BCUT2D eigenvalue weighted by molar-refractivity contribution is 5.74. The van der Waals surface area contributed by atoms with Crippen LogP contribution in [-0.4, -0.2) is 12.5 Å². The Balaban J connectivity index is 1.97. The number of anilines is 1. The van der Waals surface area contributed by atoms with Gasteiger partial charge >= 0.3 is 0 Å². The minimum atomic E-state index is -0.316. The van der Waals surface area contributed by atoms with Gasteiger partial charge < -0.3 is 15.8 Å². The molecule has 0 spiro atoms. The van der Waals surface area contributed by atoms with Crippen molar-refractivity contribution in [2.45, 2.75) is 6.42 Å². The van der Waals surface area contributed by atoms with Gasteiger partial charge in [0.05, 0.1) is 0 Å². The van der Waals surface area contributed by atoms with Gasteiger partial charge in [-0.3, -0.25) is 4.79 Å². The molecule has 0 atom stereocenters. The maximum atomic E-state index is 10.7. The second-order valence-corrected chi connectivity index (χ2v) is 4.09. The maximum absolute atomic E-state index is 10.7. The van der Waals surface area contributed by atoms with Gasteiger partial charge in [-0.15, -0.1) is 0 Å². The van der Waals surface area contributed by atoms with Crippen LogP contribution in [-0.2, 0) is 4.79 Å². The van der Waals surface area contributed by atoms with Crippen LogP contribution in [0.4, 0.5) is 5.69 Å². The van der Waals surface area contributed by atoms with Crippen molar-refractivity contribution in [2.75, 3.05) is 11.9 Å². The average molecular weight is 256 g/mol. The molecule has 19 heavy (non-hydrogen) atoms. The first-order chi connectivity index (χ1) is 9.24. The predicted molar refractivity (Wildman–Crippen MR) is 75.3 cm³/mol. The average Bonchev–Trinajstić information content (AvgIpc) is 2.40. The lowest BCUT2D eigenvalue weighted by Gasteiger charge is -2.09. The number of ether oxygens (including phenoxy) is 1. The molecule has 0 aromatic heterocycles. The van der Waals surface area contributed by atoms with Crippen molar-refractivity contribution in [3.05, 3.63) is 54.6 Å². The molecule has 0 saturated carbocycles. The van der Waals surface area contributed by atoms with Crippen molar-refractivity contribution in [3.63, 3.8) is 0 Å². The smallest absolute Gasteiger partial charge is 0.219 e. The lowest BCUT2D eigenvalue weighted by molar-refractivity contribution is -0.117. The molecule has 0 aliphatic carbocycles. The number of benzene rings is 2. The number of primary amides is 1.